The van der Waals surface area contributed by atoms with Gasteiger partial charge in [-0.1, -0.05) is 36.4 Å². The molecule has 0 spiro atoms. The van der Waals surface area contributed by atoms with Gasteiger partial charge in [0, 0.05) is 17.1 Å². The minimum Gasteiger partial charge on any atom is -0.349 e. The number of benzene rings is 1. The van der Waals surface area contributed by atoms with Gasteiger partial charge >= 0.3 is 6.18 Å². The van der Waals surface area contributed by atoms with Crippen molar-refractivity contribution in [2.75, 3.05) is 0 Å². The van der Waals surface area contributed by atoms with Crippen LogP contribution in [0.2, 0.25) is 0 Å². The molecule has 1 aromatic carbocycles. The summed E-state index contributed by atoms with van der Waals surface area (Å²) in [6.07, 6.45) is -1.49. The van der Waals surface area contributed by atoms with Gasteiger partial charge in [-0.25, -0.2) is 4.98 Å². The zero-order chi connectivity index (χ0) is 18.6. The number of pyridine rings is 1. The number of amides is 1. The molecule has 3 rings (SSSR count). The van der Waals surface area contributed by atoms with E-state index in [2.05, 4.69) is 10.3 Å². The first-order valence-electron chi connectivity index (χ1n) is 8.49. The van der Waals surface area contributed by atoms with Crippen LogP contribution in [0.25, 0.3) is 0 Å². The summed E-state index contributed by atoms with van der Waals surface area (Å²) in [6.45, 7) is 0. The summed E-state index contributed by atoms with van der Waals surface area (Å²) in [5.74, 6) is -1.71. The smallest absolute Gasteiger partial charge is 0.349 e. The fourth-order valence-electron chi connectivity index (χ4n) is 3.13. The van der Waals surface area contributed by atoms with Crippen LogP contribution < -0.4 is 5.32 Å². The topological polar surface area (TPSA) is 42.0 Å². The van der Waals surface area contributed by atoms with Crippen LogP contribution in [0.1, 0.15) is 36.0 Å². The van der Waals surface area contributed by atoms with Gasteiger partial charge in [0.25, 0.3) is 5.91 Å². The van der Waals surface area contributed by atoms with Crippen molar-refractivity contribution in [1.82, 2.24) is 10.3 Å². The average Bonchev–Trinajstić information content (AvgIpc) is 2.62. The normalized spacial score (nSPS) is 20.6. The molecule has 1 aliphatic carbocycles. The van der Waals surface area contributed by atoms with Gasteiger partial charge in [-0.15, -0.1) is 0 Å². The third-order valence-corrected chi connectivity index (χ3v) is 5.47. The molecule has 7 heteroatoms. The van der Waals surface area contributed by atoms with E-state index in [-0.39, 0.29) is 18.7 Å². The van der Waals surface area contributed by atoms with E-state index in [0.29, 0.717) is 23.4 Å². The first kappa shape index (κ1) is 18.8. The van der Waals surface area contributed by atoms with Crippen molar-refractivity contribution in [2.45, 2.75) is 47.8 Å². The Labute approximate surface area is 154 Å². The lowest BCUT2D eigenvalue weighted by molar-refractivity contribution is -0.183. The molecule has 26 heavy (non-hydrogen) atoms. The molecule has 2 unspecified atom stereocenters. The molecule has 0 saturated heterocycles. The molecule has 1 N–H and O–H groups in total. The predicted octanol–water partition coefficient (Wildman–Crippen LogP) is 5.08. The number of halogens is 3. The number of alkyl halides is 3. The molecule has 1 amide bonds. The van der Waals surface area contributed by atoms with Gasteiger partial charge < -0.3 is 5.32 Å². The standard InChI is InChI=1S/C19H19F3N2OS/c20-19(21,22)13-6-4-7-14(12-13)24-17(25)16-10-5-11-23-18(16)26-15-8-2-1-3-9-15/h1-3,5,8-11,13-14H,4,6-7,12H2,(H,24,25). The molecule has 3 nitrogen and oxygen atoms in total. The first-order valence-corrected chi connectivity index (χ1v) is 9.30. The highest BCUT2D eigenvalue weighted by molar-refractivity contribution is 7.99. The Hall–Kier alpha value is -2.02. The van der Waals surface area contributed by atoms with Gasteiger partial charge in [0.2, 0.25) is 0 Å². The number of carbonyl (C=O) groups is 1. The van der Waals surface area contributed by atoms with E-state index >= 15 is 0 Å². The van der Waals surface area contributed by atoms with E-state index in [4.69, 9.17) is 0 Å². The quantitative estimate of drug-likeness (QED) is 0.804. The van der Waals surface area contributed by atoms with E-state index in [1.807, 2.05) is 30.3 Å². The highest BCUT2D eigenvalue weighted by Crippen LogP contribution is 2.37. The highest BCUT2D eigenvalue weighted by atomic mass is 32.2. The first-order chi connectivity index (χ1) is 12.4. The van der Waals surface area contributed by atoms with Crippen molar-refractivity contribution in [3.63, 3.8) is 0 Å². The second kappa shape index (κ2) is 8.12. The Morgan fingerprint density at radius 3 is 2.62 bits per heavy atom. The molecule has 1 heterocycles. The molecule has 0 bridgehead atoms. The Bertz CT molecular complexity index is 752. The third kappa shape index (κ3) is 4.78. The Kier molecular flexibility index (Phi) is 5.86. The molecule has 138 valence electrons. The highest BCUT2D eigenvalue weighted by Gasteiger charge is 2.42. The Morgan fingerprint density at radius 2 is 1.88 bits per heavy atom. The van der Waals surface area contributed by atoms with Gasteiger partial charge in [-0.3, -0.25) is 4.79 Å². The van der Waals surface area contributed by atoms with Crippen LogP contribution in [0.15, 0.2) is 58.6 Å². The molecule has 1 aliphatic rings. The van der Waals surface area contributed by atoms with Crippen LogP contribution in [0.3, 0.4) is 0 Å². The maximum absolute atomic E-state index is 13.0. The summed E-state index contributed by atoms with van der Waals surface area (Å²) >= 11 is 1.36. The summed E-state index contributed by atoms with van der Waals surface area (Å²) in [4.78, 5) is 17.8. The largest absolute Gasteiger partial charge is 0.391 e. The summed E-state index contributed by atoms with van der Waals surface area (Å²) in [5, 5.41) is 3.31. The van der Waals surface area contributed by atoms with Gasteiger partial charge in [-0.2, -0.15) is 13.2 Å². The number of rotatable bonds is 4. The maximum Gasteiger partial charge on any atom is 0.391 e. The van der Waals surface area contributed by atoms with Crippen LogP contribution in [0, 0.1) is 5.92 Å². The summed E-state index contributed by atoms with van der Waals surface area (Å²) in [7, 11) is 0. The third-order valence-electron chi connectivity index (χ3n) is 4.45. The summed E-state index contributed by atoms with van der Waals surface area (Å²) < 4.78 is 38.9. The van der Waals surface area contributed by atoms with Crippen LogP contribution in [0.4, 0.5) is 13.2 Å². The van der Waals surface area contributed by atoms with Crippen LogP contribution in [-0.4, -0.2) is 23.1 Å². The molecule has 0 radical (unpaired) electrons. The van der Waals surface area contributed by atoms with E-state index in [1.165, 1.54) is 11.8 Å². The molecule has 2 aromatic rings. The molecule has 2 atom stereocenters. The number of hydrogen-bond acceptors (Lipinski definition) is 3. The van der Waals surface area contributed by atoms with E-state index in [9.17, 15) is 18.0 Å². The van der Waals surface area contributed by atoms with Crippen LogP contribution in [0.5, 0.6) is 0 Å². The molecule has 0 aliphatic heterocycles. The zero-order valence-corrected chi connectivity index (χ0v) is 14.8. The zero-order valence-electron chi connectivity index (χ0n) is 14.0. The lowest BCUT2D eigenvalue weighted by Crippen LogP contribution is -2.41. The van der Waals surface area contributed by atoms with Crippen molar-refractivity contribution in [2.24, 2.45) is 5.92 Å². The van der Waals surface area contributed by atoms with E-state index in [1.54, 1.807) is 18.3 Å². The van der Waals surface area contributed by atoms with E-state index < -0.39 is 18.1 Å². The van der Waals surface area contributed by atoms with Crippen molar-refractivity contribution < 1.29 is 18.0 Å². The van der Waals surface area contributed by atoms with E-state index in [0.717, 1.165) is 4.90 Å². The Balaban J connectivity index is 1.70. The number of carbonyl (C=O) groups excluding carboxylic acids is 1. The number of nitrogens with zero attached hydrogens (tertiary/aromatic N) is 1. The minimum atomic E-state index is -4.20. The van der Waals surface area contributed by atoms with Crippen molar-refractivity contribution in [3.05, 3.63) is 54.2 Å². The van der Waals surface area contributed by atoms with Gasteiger partial charge in [-0.05, 0) is 43.5 Å². The summed E-state index contributed by atoms with van der Waals surface area (Å²) in [5.41, 5.74) is 0.385. The second-order valence-corrected chi connectivity index (χ2v) is 7.41. The number of aromatic nitrogens is 1. The maximum atomic E-state index is 13.0. The predicted molar refractivity (Wildman–Crippen MR) is 94.1 cm³/mol. The monoisotopic (exact) mass is 380 g/mol. The lowest BCUT2D eigenvalue weighted by atomic mass is 9.85. The fourth-order valence-corrected chi connectivity index (χ4v) is 4.03. The number of nitrogens with one attached hydrogen (secondary N) is 1. The van der Waals surface area contributed by atoms with Crippen molar-refractivity contribution in [3.8, 4) is 0 Å². The molecule has 1 saturated carbocycles. The lowest BCUT2D eigenvalue weighted by Gasteiger charge is -2.31. The molecular weight excluding hydrogens is 361 g/mol. The Morgan fingerprint density at radius 1 is 1.12 bits per heavy atom. The minimum absolute atomic E-state index is 0.0589. The van der Waals surface area contributed by atoms with Crippen LogP contribution >= 0.6 is 11.8 Å². The molecular formula is C19H19F3N2OS. The van der Waals surface area contributed by atoms with Crippen molar-refractivity contribution >= 4 is 17.7 Å². The molecule has 1 fully saturated rings. The number of hydrogen-bond donors (Lipinski definition) is 1. The van der Waals surface area contributed by atoms with Gasteiger partial charge in [0.05, 0.1) is 11.5 Å². The molecule has 1 aromatic heterocycles. The summed E-state index contributed by atoms with van der Waals surface area (Å²) in [6, 6.07) is 12.4. The average molecular weight is 380 g/mol. The fraction of sp³-hybridized carbons (Fsp3) is 0.368. The SMILES string of the molecule is O=C(NC1CCCC(C(F)(F)F)C1)c1cccnc1Sc1ccccc1. The second-order valence-electron chi connectivity index (χ2n) is 6.35. The van der Waals surface area contributed by atoms with Crippen LogP contribution in [-0.2, 0) is 0 Å². The van der Waals surface area contributed by atoms with Crippen molar-refractivity contribution in [1.29, 1.82) is 0 Å². The van der Waals surface area contributed by atoms with Gasteiger partial charge in [0.1, 0.15) is 5.03 Å². The van der Waals surface area contributed by atoms with Gasteiger partial charge in [0.15, 0.2) is 0 Å².